The average molecular weight is 458 g/mol. The van der Waals surface area contributed by atoms with E-state index < -0.39 is 5.82 Å². The Labute approximate surface area is 196 Å². The van der Waals surface area contributed by atoms with Crippen LogP contribution in [-0.4, -0.2) is 42.1 Å². The summed E-state index contributed by atoms with van der Waals surface area (Å²) in [5.74, 6) is 0.850. The zero-order valence-electron chi connectivity index (χ0n) is 18.6. The number of ether oxygens (including phenoxy) is 1. The highest BCUT2D eigenvalue weighted by Gasteiger charge is 2.31. The normalized spacial score (nSPS) is 15.8. The van der Waals surface area contributed by atoms with Crippen molar-refractivity contribution in [1.29, 1.82) is 0 Å². The second kappa shape index (κ2) is 9.38. The molecule has 172 valence electrons. The molecule has 0 radical (unpaired) electrons. The summed E-state index contributed by atoms with van der Waals surface area (Å²) in [5.41, 5.74) is 1.16. The number of hydrogen-bond acceptors (Lipinski definition) is 6. The summed E-state index contributed by atoms with van der Waals surface area (Å²) in [7, 11) is 0. The van der Waals surface area contributed by atoms with Crippen LogP contribution in [0.5, 0.6) is 11.6 Å². The summed E-state index contributed by atoms with van der Waals surface area (Å²) in [4.78, 5) is 28.7. The van der Waals surface area contributed by atoms with E-state index in [1.54, 1.807) is 64.6 Å². The zero-order valence-corrected chi connectivity index (χ0v) is 18.6. The van der Waals surface area contributed by atoms with E-state index in [2.05, 4.69) is 20.1 Å². The molecule has 0 spiro atoms. The number of nitrogens with zero attached hydrogens (tertiary/aromatic N) is 6. The van der Waals surface area contributed by atoms with Crippen molar-refractivity contribution in [1.82, 2.24) is 29.6 Å². The van der Waals surface area contributed by atoms with Gasteiger partial charge in [0.1, 0.15) is 0 Å². The van der Waals surface area contributed by atoms with E-state index in [1.165, 1.54) is 6.07 Å². The Balaban J connectivity index is 1.41. The van der Waals surface area contributed by atoms with Crippen LogP contribution < -0.4 is 4.74 Å². The van der Waals surface area contributed by atoms with Crippen molar-refractivity contribution in [2.24, 2.45) is 0 Å². The largest absolute Gasteiger partial charge is 0.436 e. The molecule has 1 amide bonds. The topological polar surface area (TPSA) is 86.0 Å². The van der Waals surface area contributed by atoms with Crippen LogP contribution >= 0.6 is 0 Å². The van der Waals surface area contributed by atoms with Crippen LogP contribution in [0.4, 0.5) is 4.39 Å². The molecule has 34 heavy (non-hydrogen) atoms. The fourth-order valence-electron chi connectivity index (χ4n) is 4.06. The quantitative estimate of drug-likeness (QED) is 0.432. The summed E-state index contributed by atoms with van der Waals surface area (Å²) in [5, 5.41) is 4.16. The van der Waals surface area contributed by atoms with Gasteiger partial charge in [0, 0.05) is 36.9 Å². The van der Waals surface area contributed by atoms with Gasteiger partial charge < -0.3 is 9.64 Å². The van der Waals surface area contributed by atoms with Crippen molar-refractivity contribution in [3.8, 4) is 17.4 Å². The molecule has 1 aliphatic heterocycles. The minimum atomic E-state index is -0.471. The molecule has 0 saturated carbocycles. The first-order valence-electron chi connectivity index (χ1n) is 11.1. The van der Waals surface area contributed by atoms with E-state index in [1.807, 2.05) is 13.0 Å². The number of carbonyl (C=O) groups is 1. The molecule has 1 fully saturated rings. The van der Waals surface area contributed by atoms with Gasteiger partial charge >= 0.3 is 0 Å². The standard InChI is InChI=1S/C25H23FN6O2/c1-17-15-23(34-21-9-3-2-7-19(21)26)30-24(29-17)20-8-4-5-13-31(20)25(33)18-10-11-22(27-16-18)32-14-6-12-28-32/h2-3,6-7,9-12,14-16,20H,4-5,8,13H2,1H3/t20-/m1/s1. The highest BCUT2D eigenvalue weighted by atomic mass is 19.1. The van der Waals surface area contributed by atoms with Gasteiger partial charge in [-0.05, 0) is 56.5 Å². The van der Waals surface area contributed by atoms with Crippen LogP contribution in [0.1, 0.15) is 47.2 Å². The second-order valence-corrected chi connectivity index (χ2v) is 8.10. The third-order valence-corrected chi connectivity index (χ3v) is 5.69. The Morgan fingerprint density at radius 3 is 2.76 bits per heavy atom. The molecule has 3 aromatic heterocycles. The van der Waals surface area contributed by atoms with Gasteiger partial charge in [-0.1, -0.05) is 12.1 Å². The Morgan fingerprint density at radius 1 is 1.12 bits per heavy atom. The third kappa shape index (κ3) is 4.50. The van der Waals surface area contributed by atoms with Gasteiger partial charge in [0.15, 0.2) is 23.2 Å². The van der Waals surface area contributed by atoms with Crippen LogP contribution in [0.25, 0.3) is 5.82 Å². The van der Waals surface area contributed by atoms with E-state index in [9.17, 15) is 9.18 Å². The van der Waals surface area contributed by atoms with Gasteiger partial charge in [-0.25, -0.2) is 19.0 Å². The molecule has 1 aliphatic rings. The lowest BCUT2D eigenvalue weighted by atomic mass is 10.00. The number of piperidine rings is 1. The van der Waals surface area contributed by atoms with Crippen molar-refractivity contribution in [3.05, 3.63) is 90.0 Å². The van der Waals surface area contributed by atoms with E-state index in [0.29, 0.717) is 29.4 Å². The molecule has 8 nitrogen and oxygen atoms in total. The Bertz CT molecular complexity index is 1290. The molecule has 9 heteroatoms. The van der Waals surface area contributed by atoms with Crippen LogP contribution in [0.15, 0.2) is 67.1 Å². The minimum absolute atomic E-state index is 0.0893. The van der Waals surface area contributed by atoms with Gasteiger partial charge in [0.05, 0.1) is 11.6 Å². The minimum Gasteiger partial charge on any atom is -0.436 e. The van der Waals surface area contributed by atoms with Gasteiger partial charge in [0.25, 0.3) is 5.91 Å². The number of aryl methyl sites for hydroxylation is 1. The first-order chi connectivity index (χ1) is 16.6. The van der Waals surface area contributed by atoms with Crippen molar-refractivity contribution in [2.45, 2.75) is 32.2 Å². The first kappa shape index (κ1) is 21.7. The number of carbonyl (C=O) groups excluding carboxylic acids is 1. The lowest BCUT2D eigenvalue weighted by molar-refractivity contribution is 0.0598. The first-order valence-corrected chi connectivity index (χ1v) is 11.1. The van der Waals surface area contributed by atoms with Crippen molar-refractivity contribution < 1.29 is 13.9 Å². The number of benzene rings is 1. The average Bonchev–Trinajstić information content (AvgIpc) is 3.40. The highest BCUT2D eigenvalue weighted by molar-refractivity contribution is 5.94. The smallest absolute Gasteiger partial charge is 0.256 e. The Kier molecular flexibility index (Phi) is 5.99. The number of halogens is 1. The number of likely N-dealkylation sites (tertiary alicyclic amines) is 1. The molecule has 1 atom stereocenters. The molecule has 5 rings (SSSR count). The molecular formula is C25H23FN6O2. The van der Waals surface area contributed by atoms with Gasteiger partial charge in [0.2, 0.25) is 5.88 Å². The van der Waals surface area contributed by atoms with E-state index in [-0.39, 0.29) is 23.6 Å². The number of pyridine rings is 1. The van der Waals surface area contributed by atoms with Crippen LogP contribution in [0, 0.1) is 12.7 Å². The maximum absolute atomic E-state index is 14.1. The lowest BCUT2D eigenvalue weighted by Gasteiger charge is -2.35. The number of hydrogen-bond donors (Lipinski definition) is 0. The third-order valence-electron chi connectivity index (χ3n) is 5.69. The summed E-state index contributed by atoms with van der Waals surface area (Å²) in [6.07, 6.45) is 7.60. The molecule has 1 aromatic carbocycles. The summed E-state index contributed by atoms with van der Waals surface area (Å²) < 4.78 is 21.4. The van der Waals surface area contributed by atoms with E-state index in [4.69, 9.17) is 4.74 Å². The maximum atomic E-state index is 14.1. The number of aromatic nitrogens is 5. The van der Waals surface area contributed by atoms with Crippen LogP contribution in [0.3, 0.4) is 0 Å². The lowest BCUT2D eigenvalue weighted by Crippen LogP contribution is -2.39. The maximum Gasteiger partial charge on any atom is 0.256 e. The van der Waals surface area contributed by atoms with Crippen molar-refractivity contribution in [2.75, 3.05) is 6.54 Å². The number of amides is 1. The van der Waals surface area contributed by atoms with Gasteiger partial charge in [-0.3, -0.25) is 4.79 Å². The van der Waals surface area contributed by atoms with Crippen molar-refractivity contribution in [3.63, 3.8) is 0 Å². The summed E-state index contributed by atoms with van der Waals surface area (Å²) >= 11 is 0. The molecule has 0 unspecified atom stereocenters. The summed E-state index contributed by atoms with van der Waals surface area (Å²) in [6, 6.07) is 12.8. The van der Waals surface area contributed by atoms with Gasteiger partial charge in [-0.15, -0.1) is 0 Å². The zero-order chi connectivity index (χ0) is 23.5. The fraction of sp³-hybridized carbons (Fsp3) is 0.240. The predicted molar refractivity (Wildman–Crippen MR) is 122 cm³/mol. The van der Waals surface area contributed by atoms with Crippen molar-refractivity contribution >= 4 is 5.91 Å². The highest BCUT2D eigenvalue weighted by Crippen LogP contribution is 2.32. The Morgan fingerprint density at radius 2 is 2.00 bits per heavy atom. The summed E-state index contributed by atoms with van der Waals surface area (Å²) in [6.45, 7) is 2.41. The molecule has 0 N–H and O–H groups in total. The number of rotatable bonds is 5. The van der Waals surface area contributed by atoms with Gasteiger partial charge in [-0.2, -0.15) is 10.1 Å². The van der Waals surface area contributed by atoms with E-state index >= 15 is 0 Å². The number of para-hydroxylation sites is 1. The van der Waals surface area contributed by atoms with E-state index in [0.717, 1.165) is 19.3 Å². The fourth-order valence-corrected chi connectivity index (χ4v) is 4.06. The molecule has 0 bridgehead atoms. The second-order valence-electron chi connectivity index (χ2n) is 8.10. The Hall–Kier alpha value is -4.14. The monoisotopic (exact) mass is 458 g/mol. The predicted octanol–water partition coefficient (Wildman–Crippen LogP) is 4.66. The molecule has 0 aliphatic carbocycles. The SMILES string of the molecule is Cc1cc(Oc2ccccc2F)nc([C@H]2CCCCN2C(=O)c2ccc(-n3cccn3)nc2)n1. The molecular weight excluding hydrogens is 435 g/mol. The molecule has 4 aromatic rings. The molecule has 4 heterocycles. The molecule has 1 saturated heterocycles. The van der Waals surface area contributed by atoms with Crippen LogP contribution in [-0.2, 0) is 0 Å². The van der Waals surface area contributed by atoms with Crippen LogP contribution in [0.2, 0.25) is 0 Å².